The fourth-order valence-electron chi connectivity index (χ4n) is 1.05. The maximum Gasteiger partial charge on any atom is 0.269 e. The van der Waals surface area contributed by atoms with Crippen LogP contribution >= 0.6 is 12.2 Å². The average molecular weight is 252 g/mol. The number of hydrogen-bond acceptors (Lipinski definition) is 4. The van der Waals surface area contributed by atoms with Crippen molar-refractivity contribution in [1.82, 2.24) is 10.3 Å². The summed E-state index contributed by atoms with van der Waals surface area (Å²) < 4.78 is 0. The molecule has 1 rings (SSSR count). The molecule has 0 saturated carbocycles. The molecule has 0 radical (unpaired) electrons. The Kier molecular flexibility index (Phi) is 4.53. The van der Waals surface area contributed by atoms with Crippen molar-refractivity contribution >= 4 is 29.2 Å². The summed E-state index contributed by atoms with van der Waals surface area (Å²) in [6.07, 6.45) is 1.58. The Hall–Kier alpha value is -2.02. The molecule has 0 atom stereocenters. The topological polar surface area (TPSA) is 70.8 Å². The fourth-order valence-corrected chi connectivity index (χ4v) is 1.10. The number of rotatable bonds is 3. The van der Waals surface area contributed by atoms with Crippen LogP contribution in [0, 0.1) is 10.1 Å². The normalized spacial score (nSPS) is 10.2. The number of thiocarbonyl (C=S) groups is 1. The lowest BCUT2D eigenvalue weighted by Crippen LogP contribution is -2.30. The van der Waals surface area contributed by atoms with Gasteiger partial charge in [-0.3, -0.25) is 10.1 Å². The van der Waals surface area contributed by atoms with Gasteiger partial charge in [0.25, 0.3) is 5.69 Å². The Balaban J connectivity index is 2.72. The van der Waals surface area contributed by atoms with Crippen LogP contribution in [-0.4, -0.2) is 35.4 Å². The zero-order valence-corrected chi connectivity index (χ0v) is 10.3. The second-order valence-corrected chi connectivity index (χ2v) is 3.56. The van der Waals surface area contributed by atoms with Crippen molar-refractivity contribution in [2.45, 2.75) is 0 Å². The van der Waals surface area contributed by atoms with Gasteiger partial charge in [0, 0.05) is 26.2 Å². The van der Waals surface area contributed by atoms with E-state index < -0.39 is 4.92 Å². The van der Waals surface area contributed by atoms with Crippen molar-refractivity contribution < 1.29 is 4.92 Å². The van der Waals surface area contributed by atoms with Crippen LogP contribution in [0.5, 0.6) is 0 Å². The van der Waals surface area contributed by atoms with E-state index in [1.165, 1.54) is 17.1 Å². The molecule has 17 heavy (non-hydrogen) atoms. The first-order chi connectivity index (χ1) is 8.04. The average Bonchev–Trinajstić information content (AvgIpc) is 2.35. The molecular weight excluding hydrogens is 240 g/mol. The first kappa shape index (κ1) is 13.0. The number of nitrogens with one attached hydrogen (secondary N) is 1. The van der Waals surface area contributed by atoms with E-state index in [9.17, 15) is 10.1 Å². The van der Waals surface area contributed by atoms with Gasteiger partial charge in [-0.05, 0) is 29.9 Å². The maximum atomic E-state index is 10.4. The van der Waals surface area contributed by atoms with Crippen molar-refractivity contribution in [2.24, 2.45) is 5.10 Å². The van der Waals surface area contributed by atoms with Gasteiger partial charge in [0.2, 0.25) is 0 Å². The molecule has 6 nitrogen and oxygen atoms in total. The van der Waals surface area contributed by atoms with Gasteiger partial charge in [0.15, 0.2) is 5.11 Å². The summed E-state index contributed by atoms with van der Waals surface area (Å²) in [5.41, 5.74) is 0.822. The molecule has 0 spiro atoms. The highest BCUT2D eigenvalue weighted by molar-refractivity contribution is 7.80. The Bertz CT molecular complexity index is 444. The van der Waals surface area contributed by atoms with Crippen LogP contribution in [0.3, 0.4) is 0 Å². The van der Waals surface area contributed by atoms with Gasteiger partial charge in [-0.1, -0.05) is 0 Å². The van der Waals surface area contributed by atoms with Crippen LogP contribution < -0.4 is 5.32 Å². The number of nitrogens with zero attached hydrogens (tertiary/aromatic N) is 3. The zero-order valence-electron chi connectivity index (χ0n) is 9.45. The minimum atomic E-state index is -0.441. The van der Waals surface area contributed by atoms with E-state index in [1.807, 2.05) is 0 Å². The lowest BCUT2D eigenvalue weighted by atomic mass is 10.2. The minimum absolute atomic E-state index is 0.0567. The summed E-state index contributed by atoms with van der Waals surface area (Å²) >= 11 is 4.96. The van der Waals surface area contributed by atoms with Gasteiger partial charge in [-0.2, -0.15) is 5.10 Å². The monoisotopic (exact) mass is 252 g/mol. The van der Waals surface area contributed by atoms with Gasteiger partial charge in [-0.25, -0.2) is 5.01 Å². The van der Waals surface area contributed by atoms with E-state index in [4.69, 9.17) is 12.2 Å². The zero-order chi connectivity index (χ0) is 12.8. The smallest absolute Gasteiger partial charge is 0.269 e. The molecule has 0 fully saturated rings. The highest BCUT2D eigenvalue weighted by atomic mass is 32.1. The van der Waals surface area contributed by atoms with E-state index >= 15 is 0 Å². The Morgan fingerprint density at radius 2 is 2.12 bits per heavy atom. The molecule has 0 aromatic heterocycles. The Labute approximate surface area is 104 Å². The van der Waals surface area contributed by atoms with Gasteiger partial charge >= 0.3 is 0 Å². The van der Waals surface area contributed by atoms with E-state index in [1.54, 1.807) is 32.4 Å². The van der Waals surface area contributed by atoms with Crippen LogP contribution in [0.4, 0.5) is 5.69 Å². The molecular formula is C10H12N4O2S. The number of nitro groups is 1. The van der Waals surface area contributed by atoms with Crippen LogP contribution in [0.2, 0.25) is 0 Å². The largest absolute Gasteiger partial charge is 0.364 e. The third-order valence-electron chi connectivity index (χ3n) is 1.99. The Morgan fingerprint density at radius 3 is 2.59 bits per heavy atom. The Morgan fingerprint density at radius 1 is 1.53 bits per heavy atom. The summed E-state index contributed by atoms with van der Waals surface area (Å²) in [6, 6.07) is 6.10. The molecule has 0 aliphatic carbocycles. The van der Waals surface area contributed by atoms with Gasteiger partial charge in [-0.15, -0.1) is 0 Å². The van der Waals surface area contributed by atoms with Crippen LogP contribution in [-0.2, 0) is 0 Å². The van der Waals surface area contributed by atoms with E-state index in [2.05, 4.69) is 10.4 Å². The number of hydrogen-bond donors (Lipinski definition) is 1. The van der Waals surface area contributed by atoms with Gasteiger partial charge < -0.3 is 5.32 Å². The predicted molar refractivity (Wildman–Crippen MR) is 70.1 cm³/mol. The molecule has 1 N–H and O–H groups in total. The summed E-state index contributed by atoms with van der Waals surface area (Å²) in [4.78, 5) is 10.0. The second-order valence-electron chi connectivity index (χ2n) is 3.17. The maximum absolute atomic E-state index is 10.4. The third kappa shape index (κ3) is 3.80. The molecule has 0 aliphatic heterocycles. The van der Waals surface area contributed by atoms with Gasteiger partial charge in [0.05, 0.1) is 11.1 Å². The van der Waals surface area contributed by atoms with Crippen molar-refractivity contribution in [3.05, 3.63) is 39.9 Å². The summed E-state index contributed by atoms with van der Waals surface area (Å²) in [5.74, 6) is 0. The molecule has 0 saturated heterocycles. The standard InChI is InChI=1S/C10H12N4O2S/c1-11-10(17)13(2)12-7-8-3-5-9(6-4-8)14(15)16/h3-7H,1-2H3,(H,11,17)/b12-7+. The van der Waals surface area contributed by atoms with E-state index in [-0.39, 0.29) is 5.69 Å². The highest BCUT2D eigenvalue weighted by Crippen LogP contribution is 2.10. The first-order valence-corrected chi connectivity index (χ1v) is 5.19. The van der Waals surface area contributed by atoms with Crippen molar-refractivity contribution in [3.63, 3.8) is 0 Å². The molecule has 90 valence electrons. The lowest BCUT2D eigenvalue weighted by Gasteiger charge is -2.12. The molecule has 1 aromatic rings. The highest BCUT2D eigenvalue weighted by Gasteiger charge is 2.03. The minimum Gasteiger partial charge on any atom is -0.364 e. The predicted octanol–water partition coefficient (Wildman–Crippen LogP) is 1.36. The number of hydrazone groups is 1. The van der Waals surface area contributed by atoms with Crippen molar-refractivity contribution in [2.75, 3.05) is 14.1 Å². The molecule has 0 aliphatic rings. The van der Waals surface area contributed by atoms with Crippen LogP contribution in [0.1, 0.15) is 5.56 Å². The summed E-state index contributed by atoms with van der Waals surface area (Å²) in [5, 5.41) is 19.3. The fraction of sp³-hybridized carbons (Fsp3) is 0.200. The van der Waals surface area contributed by atoms with E-state index in [0.29, 0.717) is 5.11 Å². The number of non-ortho nitro benzene ring substituents is 1. The summed E-state index contributed by atoms with van der Waals surface area (Å²) in [6.45, 7) is 0. The van der Waals surface area contributed by atoms with Crippen molar-refractivity contribution in [3.8, 4) is 0 Å². The first-order valence-electron chi connectivity index (χ1n) is 4.78. The van der Waals surface area contributed by atoms with Crippen molar-refractivity contribution in [1.29, 1.82) is 0 Å². The van der Waals surface area contributed by atoms with Crippen LogP contribution in [0.25, 0.3) is 0 Å². The molecule has 0 bridgehead atoms. The SMILES string of the molecule is CNC(=S)N(C)/N=C/c1ccc([N+](=O)[O-])cc1. The van der Waals surface area contributed by atoms with Crippen LogP contribution in [0.15, 0.2) is 29.4 Å². The second kappa shape index (κ2) is 5.90. The molecule has 1 aromatic carbocycles. The summed E-state index contributed by atoms with van der Waals surface area (Å²) in [7, 11) is 3.42. The molecule has 7 heteroatoms. The quantitative estimate of drug-likeness (QED) is 0.381. The molecule has 0 amide bonds. The molecule has 0 heterocycles. The lowest BCUT2D eigenvalue weighted by molar-refractivity contribution is -0.384. The number of benzene rings is 1. The third-order valence-corrected chi connectivity index (χ3v) is 2.46. The number of nitro benzene ring substituents is 1. The van der Waals surface area contributed by atoms with Gasteiger partial charge in [0.1, 0.15) is 0 Å². The molecule has 0 unspecified atom stereocenters. The van der Waals surface area contributed by atoms with E-state index in [0.717, 1.165) is 5.56 Å².